The van der Waals surface area contributed by atoms with Crippen molar-refractivity contribution in [1.82, 2.24) is 5.32 Å². The molecule has 1 aliphatic carbocycles. The van der Waals surface area contributed by atoms with Crippen LogP contribution in [0.3, 0.4) is 0 Å². The fourth-order valence-electron chi connectivity index (χ4n) is 2.65. The smallest absolute Gasteiger partial charge is 0.319 e. The highest BCUT2D eigenvalue weighted by Gasteiger charge is 2.16. The summed E-state index contributed by atoms with van der Waals surface area (Å²) in [6, 6.07) is 5.04. The first-order chi connectivity index (χ1) is 10.7. The molecule has 5 nitrogen and oxygen atoms in total. The zero-order chi connectivity index (χ0) is 15.8. The molecule has 1 saturated carbocycles. The summed E-state index contributed by atoms with van der Waals surface area (Å²) in [6.07, 6.45) is 7.27. The number of aldehydes is 1. The Labute approximate surface area is 131 Å². The number of nitrogens with one attached hydrogen (secondary N) is 2. The monoisotopic (exact) mass is 304 g/mol. The maximum absolute atomic E-state index is 12.1. The van der Waals surface area contributed by atoms with Crippen molar-refractivity contribution >= 4 is 18.0 Å². The van der Waals surface area contributed by atoms with Crippen molar-refractivity contribution in [2.75, 3.05) is 11.9 Å². The Balaban J connectivity index is 2.01. The van der Waals surface area contributed by atoms with E-state index in [0.29, 0.717) is 23.6 Å². The van der Waals surface area contributed by atoms with E-state index in [9.17, 15) is 9.59 Å². The van der Waals surface area contributed by atoms with Gasteiger partial charge in [-0.15, -0.1) is 0 Å². The minimum absolute atomic E-state index is 0.239. The molecule has 0 atom stereocenters. The summed E-state index contributed by atoms with van der Waals surface area (Å²) in [5, 5.41) is 5.80. The Morgan fingerprint density at radius 1 is 1.32 bits per heavy atom. The lowest BCUT2D eigenvalue weighted by molar-refractivity contribution is 0.112. The molecule has 1 fully saturated rings. The molecule has 2 rings (SSSR count). The fraction of sp³-hybridized carbons (Fsp3) is 0.529. The van der Waals surface area contributed by atoms with Crippen molar-refractivity contribution in [3.63, 3.8) is 0 Å². The third kappa shape index (κ3) is 4.76. The van der Waals surface area contributed by atoms with Crippen LogP contribution in [0.25, 0.3) is 0 Å². The molecule has 0 bridgehead atoms. The van der Waals surface area contributed by atoms with Gasteiger partial charge in [0.2, 0.25) is 0 Å². The summed E-state index contributed by atoms with van der Waals surface area (Å²) in [6.45, 7) is 2.59. The minimum atomic E-state index is -0.240. The first kappa shape index (κ1) is 16.3. The lowest BCUT2D eigenvalue weighted by Crippen LogP contribution is -2.39. The number of hydrogen-bond donors (Lipinski definition) is 2. The van der Waals surface area contributed by atoms with Crippen molar-refractivity contribution in [1.29, 1.82) is 0 Å². The molecule has 0 heterocycles. The predicted molar refractivity (Wildman–Crippen MR) is 86.6 cm³/mol. The lowest BCUT2D eigenvalue weighted by Gasteiger charge is -2.23. The Kier molecular flexibility index (Phi) is 6.25. The van der Waals surface area contributed by atoms with Crippen LogP contribution in [0.5, 0.6) is 5.75 Å². The number of urea groups is 1. The lowest BCUT2D eigenvalue weighted by atomic mass is 9.96. The molecule has 0 aliphatic heterocycles. The maximum atomic E-state index is 12.1. The second-order valence-electron chi connectivity index (χ2n) is 5.66. The number of ether oxygens (including phenoxy) is 1. The second-order valence-corrected chi connectivity index (χ2v) is 5.66. The van der Waals surface area contributed by atoms with Gasteiger partial charge in [-0.2, -0.15) is 0 Å². The van der Waals surface area contributed by atoms with Crippen LogP contribution in [0.4, 0.5) is 10.5 Å². The highest BCUT2D eigenvalue weighted by molar-refractivity contribution is 5.92. The van der Waals surface area contributed by atoms with Gasteiger partial charge in [-0.25, -0.2) is 4.79 Å². The zero-order valence-electron chi connectivity index (χ0n) is 13.1. The molecule has 0 spiro atoms. The third-order valence-electron chi connectivity index (χ3n) is 3.79. The molecule has 22 heavy (non-hydrogen) atoms. The Bertz CT molecular complexity index is 511. The van der Waals surface area contributed by atoms with Gasteiger partial charge in [0.25, 0.3) is 0 Å². The van der Waals surface area contributed by atoms with Crippen molar-refractivity contribution in [2.24, 2.45) is 0 Å². The van der Waals surface area contributed by atoms with Gasteiger partial charge >= 0.3 is 6.03 Å². The number of hydrogen-bond acceptors (Lipinski definition) is 3. The van der Waals surface area contributed by atoms with Crippen LogP contribution in [-0.4, -0.2) is 25.0 Å². The van der Waals surface area contributed by atoms with Gasteiger partial charge in [0.05, 0.1) is 12.3 Å². The predicted octanol–water partition coefficient (Wildman–Crippen LogP) is 3.74. The van der Waals surface area contributed by atoms with E-state index in [1.165, 1.54) is 6.42 Å². The summed E-state index contributed by atoms with van der Waals surface area (Å²) in [4.78, 5) is 23.1. The molecular formula is C17H24N2O3. The molecule has 5 heteroatoms. The van der Waals surface area contributed by atoms with Crippen LogP contribution >= 0.6 is 0 Å². The van der Waals surface area contributed by atoms with Crippen LogP contribution in [0.2, 0.25) is 0 Å². The maximum Gasteiger partial charge on any atom is 0.319 e. The van der Waals surface area contributed by atoms with Gasteiger partial charge in [-0.3, -0.25) is 4.79 Å². The molecule has 2 amide bonds. The summed E-state index contributed by atoms with van der Waals surface area (Å²) in [7, 11) is 0. The fourth-order valence-corrected chi connectivity index (χ4v) is 2.65. The van der Waals surface area contributed by atoms with Gasteiger partial charge < -0.3 is 15.4 Å². The summed E-state index contributed by atoms with van der Waals surface area (Å²) in [5.41, 5.74) is 1.04. The van der Waals surface area contributed by atoms with E-state index >= 15 is 0 Å². The molecule has 2 N–H and O–H groups in total. The molecule has 0 radical (unpaired) electrons. The number of amides is 2. The highest BCUT2D eigenvalue weighted by Crippen LogP contribution is 2.26. The van der Waals surface area contributed by atoms with E-state index in [2.05, 4.69) is 10.6 Å². The van der Waals surface area contributed by atoms with Crippen LogP contribution in [-0.2, 0) is 0 Å². The number of rotatable bonds is 6. The molecule has 1 aliphatic rings. The summed E-state index contributed by atoms with van der Waals surface area (Å²) < 4.78 is 5.62. The number of carbonyl (C=O) groups is 2. The minimum Gasteiger partial charge on any atom is -0.491 e. The highest BCUT2D eigenvalue weighted by atomic mass is 16.5. The average Bonchev–Trinajstić information content (AvgIpc) is 2.54. The molecule has 0 saturated heterocycles. The molecule has 120 valence electrons. The quantitative estimate of drug-likeness (QED) is 0.787. The first-order valence-corrected chi connectivity index (χ1v) is 8.02. The van der Waals surface area contributed by atoms with E-state index in [1.807, 2.05) is 6.92 Å². The SMILES string of the molecule is CCCOc1ccc(C=O)cc1NC(=O)NC1CCCCC1. The van der Waals surface area contributed by atoms with Gasteiger partial charge in [-0.05, 0) is 37.5 Å². The van der Waals surface area contributed by atoms with Gasteiger partial charge in [0, 0.05) is 11.6 Å². The number of anilines is 1. The second kappa shape index (κ2) is 8.41. The Hall–Kier alpha value is -2.04. The van der Waals surface area contributed by atoms with Gasteiger partial charge in [0.1, 0.15) is 12.0 Å². The van der Waals surface area contributed by atoms with Crippen molar-refractivity contribution < 1.29 is 14.3 Å². The van der Waals surface area contributed by atoms with Gasteiger partial charge in [-0.1, -0.05) is 26.2 Å². The van der Waals surface area contributed by atoms with Crippen LogP contribution in [0.15, 0.2) is 18.2 Å². The van der Waals surface area contributed by atoms with Crippen molar-refractivity contribution in [2.45, 2.75) is 51.5 Å². The standard InChI is InChI=1S/C17H24N2O3/c1-2-10-22-16-9-8-13(12-20)11-15(16)19-17(21)18-14-6-4-3-5-7-14/h8-9,11-12,14H,2-7,10H2,1H3,(H2,18,19,21). The van der Waals surface area contributed by atoms with Crippen LogP contribution in [0.1, 0.15) is 55.8 Å². The van der Waals surface area contributed by atoms with Crippen molar-refractivity contribution in [3.05, 3.63) is 23.8 Å². The Morgan fingerprint density at radius 3 is 2.77 bits per heavy atom. The third-order valence-corrected chi connectivity index (χ3v) is 3.79. The average molecular weight is 304 g/mol. The van der Waals surface area contributed by atoms with Crippen LogP contribution in [0, 0.1) is 0 Å². The summed E-state index contributed by atoms with van der Waals surface area (Å²) in [5.74, 6) is 0.589. The largest absolute Gasteiger partial charge is 0.491 e. The molecule has 0 aromatic heterocycles. The normalized spacial score (nSPS) is 15.1. The topological polar surface area (TPSA) is 67.4 Å². The Morgan fingerprint density at radius 2 is 2.09 bits per heavy atom. The van der Waals surface area contributed by atoms with E-state index < -0.39 is 0 Å². The summed E-state index contributed by atoms with van der Waals surface area (Å²) >= 11 is 0. The molecular weight excluding hydrogens is 280 g/mol. The van der Waals surface area contributed by atoms with Crippen LogP contribution < -0.4 is 15.4 Å². The molecule has 0 unspecified atom stereocenters. The van der Waals surface area contributed by atoms with Crippen molar-refractivity contribution in [3.8, 4) is 5.75 Å². The van der Waals surface area contributed by atoms with E-state index in [-0.39, 0.29) is 12.1 Å². The van der Waals surface area contributed by atoms with E-state index in [4.69, 9.17) is 4.74 Å². The number of benzene rings is 1. The first-order valence-electron chi connectivity index (χ1n) is 8.02. The number of carbonyl (C=O) groups excluding carboxylic acids is 2. The molecule has 1 aromatic rings. The van der Waals surface area contributed by atoms with E-state index in [1.54, 1.807) is 18.2 Å². The zero-order valence-corrected chi connectivity index (χ0v) is 13.1. The molecule has 1 aromatic carbocycles. The van der Waals surface area contributed by atoms with E-state index in [0.717, 1.165) is 38.4 Å². The van der Waals surface area contributed by atoms with Gasteiger partial charge in [0.15, 0.2) is 0 Å².